The molecule has 6 heteroatoms. The first-order valence-electron chi connectivity index (χ1n) is 6.39. The predicted molar refractivity (Wildman–Crippen MR) is 81.3 cm³/mol. The summed E-state index contributed by atoms with van der Waals surface area (Å²) in [6, 6.07) is 10.8. The highest BCUT2D eigenvalue weighted by molar-refractivity contribution is 6.31. The lowest BCUT2D eigenvalue weighted by Crippen LogP contribution is -2.13. The van der Waals surface area contributed by atoms with Crippen LogP contribution in [0.4, 0.5) is 10.1 Å². The highest BCUT2D eigenvalue weighted by Crippen LogP contribution is 2.23. The summed E-state index contributed by atoms with van der Waals surface area (Å²) in [7, 11) is 0. The number of carbonyl (C=O) groups excluding carboxylic acids is 1. The van der Waals surface area contributed by atoms with E-state index in [1.54, 1.807) is 24.4 Å². The van der Waals surface area contributed by atoms with Crippen molar-refractivity contribution < 1.29 is 13.6 Å². The van der Waals surface area contributed by atoms with Gasteiger partial charge in [0.1, 0.15) is 5.82 Å². The Hall–Kier alpha value is -2.66. The van der Waals surface area contributed by atoms with Crippen molar-refractivity contribution in [3.63, 3.8) is 0 Å². The van der Waals surface area contributed by atoms with E-state index in [4.69, 9.17) is 16.0 Å². The molecule has 0 spiro atoms. The van der Waals surface area contributed by atoms with Crippen LogP contribution in [0.2, 0.25) is 5.02 Å². The zero-order valence-corrected chi connectivity index (χ0v) is 12.0. The molecule has 0 saturated carbocycles. The van der Waals surface area contributed by atoms with Crippen LogP contribution in [0.15, 0.2) is 59.5 Å². The summed E-state index contributed by atoms with van der Waals surface area (Å²) in [6.07, 6.45) is 2.89. The summed E-state index contributed by atoms with van der Waals surface area (Å²) in [5.74, 6) is -0.631. The first-order valence-corrected chi connectivity index (χ1v) is 6.76. The third-order valence-corrected chi connectivity index (χ3v) is 3.25. The summed E-state index contributed by atoms with van der Waals surface area (Å²) in [6.45, 7) is 0. The standard InChI is InChI=1S/C16H10ClFN2O2/c17-11-4-5-14(18)13(7-11)16(21)20-12-3-1-2-10(6-12)15-8-19-9-22-15/h1-9H,(H,20,21). The number of oxazole rings is 1. The van der Waals surface area contributed by atoms with E-state index < -0.39 is 11.7 Å². The third-order valence-electron chi connectivity index (χ3n) is 3.01. The molecule has 1 amide bonds. The molecule has 0 radical (unpaired) electrons. The second-order valence-electron chi connectivity index (χ2n) is 4.52. The van der Waals surface area contributed by atoms with Gasteiger partial charge in [-0.25, -0.2) is 9.37 Å². The van der Waals surface area contributed by atoms with Crippen molar-refractivity contribution in [3.8, 4) is 11.3 Å². The first-order chi connectivity index (χ1) is 10.6. The molecular weight excluding hydrogens is 307 g/mol. The van der Waals surface area contributed by atoms with E-state index in [9.17, 15) is 9.18 Å². The maximum absolute atomic E-state index is 13.7. The fourth-order valence-corrected chi connectivity index (χ4v) is 2.15. The van der Waals surface area contributed by atoms with Gasteiger partial charge in [-0.2, -0.15) is 0 Å². The lowest BCUT2D eigenvalue weighted by molar-refractivity contribution is 0.102. The molecule has 0 atom stereocenters. The van der Waals surface area contributed by atoms with Crippen LogP contribution < -0.4 is 5.32 Å². The predicted octanol–water partition coefficient (Wildman–Crippen LogP) is 4.39. The van der Waals surface area contributed by atoms with Crippen LogP contribution in [0, 0.1) is 5.82 Å². The van der Waals surface area contributed by atoms with E-state index in [-0.39, 0.29) is 5.56 Å². The Bertz CT molecular complexity index is 819. The number of amides is 1. The number of hydrogen-bond acceptors (Lipinski definition) is 3. The van der Waals surface area contributed by atoms with Gasteiger partial charge in [-0.1, -0.05) is 23.7 Å². The highest BCUT2D eigenvalue weighted by atomic mass is 35.5. The van der Waals surface area contributed by atoms with Gasteiger partial charge in [0.05, 0.1) is 11.8 Å². The zero-order chi connectivity index (χ0) is 15.5. The second-order valence-corrected chi connectivity index (χ2v) is 4.96. The van der Waals surface area contributed by atoms with Crippen molar-refractivity contribution in [2.24, 2.45) is 0 Å². The summed E-state index contributed by atoms with van der Waals surface area (Å²) < 4.78 is 18.9. The molecule has 1 heterocycles. The van der Waals surface area contributed by atoms with Crippen LogP contribution in [0.1, 0.15) is 10.4 Å². The Morgan fingerprint density at radius 1 is 1.23 bits per heavy atom. The lowest BCUT2D eigenvalue weighted by Gasteiger charge is -2.07. The van der Waals surface area contributed by atoms with Gasteiger partial charge in [-0.15, -0.1) is 0 Å². The Labute approximate surface area is 130 Å². The molecule has 0 aliphatic rings. The number of aromatic nitrogens is 1. The average molecular weight is 317 g/mol. The molecule has 4 nitrogen and oxygen atoms in total. The minimum absolute atomic E-state index is 0.113. The van der Waals surface area contributed by atoms with Crippen molar-refractivity contribution in [2.75, 3.05) is 5.32 Å². The molecule has 22 heavy (non-hydrogen) atoms. The van der Waals surface area contributed by atoms with Crippen molar-refractivity contribution >= 4 is 23.2 Å². The van der Waals surface area contributed by atoms with Crippen LogP contribution in [0.3, 0.4) is 0 Å². The topological polar surface area (TPSA) is 55.1 Å². The maximum atomic E-state index is 13.7. The van der Waals surface area contributed by atoms with Gasteiger partial charge in [-0.3, -0.25) is 4.79 Å². The van der Waals surface area contributed by atoms with Crippen molar-refractivity contribution in [2.45, 2.75) is 0 Å². The molecule has 3 aromatic rings. The van der Waals surface area contributed by atoms with Crippen molar-refractivity contribution in [1.82, 2.24) is 4.98 Å². The van der Waals surface area contributed by atoms with E-state index in [1.807, 2.05) is 6.07 Å². The van der Waals surface area contributed by atoms with E-state index >= 15 is 0 Å². The number of rotatable bonds is 3. The molecule has 0 bridgehead atoms. The number of carbonyl (C=O) groups is 1. The van der Waals surface area contributed by atoms with E-state index in [2.05, 4.69) is 10.3 Å². The molecule has 0 saturated heterocycles. The van der Waals surface area contributed by atoms with Gasteiger partial charge in [0.2, 0.25) is 0 Å². The Balaban J connectivity index is 1.85. The van der Waals surface area contributed by atoms with Crippen LogP contribution in [0.5, 0.6) is 0 Å². The summed E-state index contributed by atoms with van der Waals surface area (Å²) in [4.78, 5) is 16.0. The monoisotopic (exact) mass is 316 g/mol. The number of anilines is 1. The Morgan fingerprint density at radius 3 is 2.86 bits per heavy atom. The Morgan fingerprint density at radius 2 is 2.09 bits per heavy atom. The van der Waals surface area contributed by atoms with Crippen LogP contribution in [-0.4, -0.2) is 10.9 Å². The first kappa shape index (κ1) is 14.3. The summed E-state index contributed by atoms with van der Waals surface area (Å²) in [5.41, 5.74) is 1.15. The number of hydrogen-bond donors (Lipinski definition) is 1. The van der Waals surface area contributed by atoms with Crippen molar-refractivity contribution in [1.29, 1.82) is 0 Å². The minimum Gasteiger partial charge on any atom is -0.444 e. The fourth-order valence-electron chi connectivity index (χ4n) is 1.98. The Kier molecular flexibility index (Phi) is 3.89. The van der Waals surface area contributed by atoms with Crippen LogP contribution in [0.25, 0.3) is 11.3 Å². The second kappa shape index (κ2) is 5.99. The van der Waals surface area contributed by atoms with E-state index in [1.165, 1.54) is 18.5 Å². The molecule has 2 aromatic carbocycles. The molecular formula is C16H10ClFN2O2. The number of benzene rings is 2. The van der Waals surface area contributed by atoms with Gasteiger partial charge >= 0.3 is 0 Å². The van der Waals surface area contributed by atoms with Crippen LogP contribution >= 0.6 is 11.6 Å². The van der Waals surface area contributed by atoms with Gasteiger partial charge < -0.3 is 9.73 Å². The van der Waals surface area contributed by atoms with E-state index in [0.717, 1.165) is 11.6 Å². The molecule has 0 aliphatic heterocycles. The van der Waals surface area contributed by atoms with Gasteiger partial charge in [0.25, 0.3) is 5.91 Å². The third kappa shape index (κ3) is 2.99. The fraction of sp³-hybridized carbons (Fsp3) is 0. The van der Waals surface area contributed by atoms with Gasteiger partial charge in [0, 0.05) is 16.3 Å². The molecule has 110 valence electrons. The summed E-state index contributed by atoms with van der Waals surface area (Å²) >= 11 is 5.79. The largest absolute Gasteiger partial charge is 0.444 e. The molecule has 0 fully saturated rings. The molecule has 3 rings (SSSR count). The normalized spacial score (nSPS) is 10.5. The van der Waals surface area contributed by atoms with E-state index in [0.29, 0.717) is 16.5 Å². The molecule has 0 unspecified atom stereocenters. The van der Waals surface area contributed by atoms with Gasteiger partial charge in [0.15, 0.2) is 12.2 Å². The molecule has 0 aliphatic carbocycles. The van der Waals surface area contributed by atoms with Gasteiger partial charge in [-0.05, 0) is 30.3 Å². The zero-order valence-electron chi connectivity index (χ0n) is 11.2. The van der Waals surface area contributed by atoms with Crippen molar-refractivity contribution in [3.05, 3.63) is 71.5 Å². The quantitative estimate of drug-likeness (QED) is 0.779. The minimum atomic E-state index is -0.631. The summed E-state index contributed by atoms with van der Waals surface area (Å²) in [5, 5.41) is 2.92. The SMILES string of the molecule is O=C(Nc1cccc(-c2cnco2)c1)c1cc(Cl)ccc1F. The number of halogens is 2. The number of nitrogens with zero attached hydrogens (tertiary/aromatic N) is 1. The maximum Gasteiger partial charge on any atom is 0.258 e. The smallest absolute Gasteiger partial charge is 0.258 e. The van der Waals surface area contributed by atoms with Crippen LogP contribution in [-0.2, 0) is 0 Å². The lowest BCUT2D eigenvalue weighted by atomic mass is 10.1. The number of nitrogens with one attached hydrogen (secondary N) is 1. The molecule has 1 N–H and O–H groups in total. The molecule has 1 aromatic heterocycles. The highest BCUT2D eigenvalue weighted by Gasteiger charge is 2.13. The average Bonchev–Trinajstić information content (AvgIpc) is 3.04.